The van der Waals surface area contributed by atoms with Crippen molar-refractivity contribution in [2.75, 3.05) is 6.54 Å². The number of fused-ring (bicyclic) bond motifs is 1. The van der Waals surface area contributed by atoms with Crippen LogP contribution >= 0.6 is 0 Å². The molecule has 0 amide bonds. The molecule has 0 saturated carbocycles. The summed E-state index contributed by atoms with van der Waals surface area (Å²) in [5, 5.41) is 3.52. The Morgan fingerprint density at radius 2 is 1.95 bits per heavy atom. The molecule has 1 aliphatic carbocycles. The van der Waals surface area contributed by atoms with Crippen molar-refractivity contribution in [2.45, 2.75) is 38.6 Å². The van der Waals surface area contributed by atoms with Crippen LogP contribution in [0.25, 0.3) is 11.0 Å². The highest BCUT2D eigenvalue weighted by atomic mass is 16.1. The molecule has 0 radical (unpaired) electrons. The number of imidazole rings is 1. The summed E-state index contributed by atoms with van der Waals surface area (Å²) in [6.07, 6.45) is 8.81. The van der Waals surface area contributed by atoms with Gasteiger partial charge in [0.2, 0.25) is 0 Å². The zero-order chi connectivity index (χ0) is 15.5. The van der Waals surface area contributed by atoms with Crippen LogP contribution in [0.2, 0.25) is 0 Å². The lowest BCUT2D eigenvalue weighted by atomic mass is 9.97. The summed E-state index contributed by atoms with van der Waals surface area (Å²) in [7, 11) is 3.65. The third-order valence-electron chi connectivity index (χ3n) is 4.67. The highest BCUT2D eigenvalue weighted by Crippen LogP contribution is 2.19. The molecule has 0 bridgehead atoms. The molecule has 0 aliphatic heterocycles. The number of rotatable bonds is 5. The van der Waals surface area contributed by atoms with Gasteiger partial charge < -0.3 is 5.32 Å². The standard InChI is InChI=1S/C18H25N3O/c1-20-16-9-8-15(12-17(16)21(2)18(20)22)13-19-11-10-14-6-4-3-5-7-14/h6,8-9,12,19H,3-5,7,10-11,13H2,1-2H3. The summed E-state index contributed by atoms with van der Waals surface area (Å²) in [6.45, 7) is 1.88. The molecule has 1 N–H and O–H groups in total. The minimum atomic E-state index is 0.0318. The van der Waals surface area contributed by atoms with E-state index in [1.165, 1.54) is 31.2 Å². The first kappa shape index (κ1) is 15.1. The summed E-state index contributed by atoms with van der Waals surface area (Å²) in [4.78, 5) is 11.9. The fourth-order valence-corrected chi connectivity index (χ4v) is 3.28. The van der Waals surface area contributed by atoms with Crippen LogP contribution in [-0.2, 0) is 20.6 Å². The van der Waals surface area contributed by atoms with Crippen molar-refractivity contribution in [1.29, 1.82) is 0 Å². The number of hydrogen-bond acceptors (Lipinski definition) is 2. The van der Waals surface area contributed by atoms with Crippen molar-refractivity contribution in [1.82, 2.24) is 14.5 Å². The van der Waals surface area contributed by atoms with Crippen molar-refractivity contribution >= 4 is 11.0 Å². The van der Waals surface area contributed by atoms with E-state index >= 15 is 0 Å². The van der Waals surface area contributed by atoms with Gasteiger partial charge in [0.25, 0.3) is 0 Å². The van der Waals surface area contributed by atoms with E-state index in [0.29, 0.717) is 0 Å². The van der Waals surface area contributed by atoms with Gasteiger partial charge in [-0.2, -0.15) is 0 Å². The summed E-state index contributed by atoms with van der Waals surface area (Å²) < 4.78 is 3.41. The Bertz CT molecular complexity index is 752. The lowest BCUT2D eigenvalue weighted by Gasteiger charge is -2.13. The molecule has 22 heavy (non-hydrogen) atoms. The highest BCUT2D eigenvalue weighted by Gasteiger charge is 2.08. The smallest absolute Gasteiger partial charge is 0.312 e. The summed E-state index contributed by atoms with van der Waals surface area (Å²) in [5.74, 6) is 0. The number of benzene rings is 1. The third-order valence-corrected chi connectivity index (χ3v) is 4.67. The molecular formula is C18H25N3O. The molecule has 0 unspecified atom stereocenters. The van der Waals surface area contributed by atoms with E-state index in [1.54, 1.807) is 14.7 Å². The molecule has 0 spiro atoms. The number of aryl methyl sites for hydroxylation is 2. The van der Waals surface area contributed by atoms with Crippen LogP contribution in [0, 0.1) is 0 Å². The van der Waals surface area contributed by atoms with Gasteiger partial charge in [-0.1, -0.05) is 17.7 Å². The average molecular weight is 299 g/mol. The molecular weight excluding hydrogens is 274 g/mol. The van der Waals surface area contributed by atoms with Crippen LogP contribution in [0.3, 0.4) is 0 Å². The molecule has 0 fully saturated rings. The van der Waals surface area contributed by atoms with Crippen molar-refractivity contribution in [3.8, 4) is 0 Å². The van der Waals surface area contributed by atoms with Crippen molar-refractivity contribution in [3.63, 3.8) is 0 Å². The van der Waals surface area contributed by atoms with Gasteiger partial charge in [0.1, 0.15) is 0 Å². The molecule has 0 atom stereocenters. The first-order chi connectivity index (χ1) is 10.7. The van der Waals surface area contributed by atoms with E-state index in [0.717, 1.165) is 30.5 Å². The Kier molecular flexibility index (Phi) is 4.48. The Hall–Kier alpha value is -1.81. The maximum atomic E-state index is 11.9. The predicted octanol–water partition coefficient (Wildman–Crippen LogP) is 2.86. The number of allylic oxidation sites excluding steroid dienone is 1. The van der Waals surface area contributed by atoms with Crippen LogP contribution in [-0.4, -0.2) is 15.7 Å². The lowest BCUT2D eigenvalue weighted by molar-refractivity contribution is 0.632. The van der Waals surface area contributed by atoms with Gasteiger partial charge in [0.15, 0.2) is 0 Å². The van der Waals surface area contributed by atoms with E-state index in [4.69, 9.17) is 0 Å². The SMILES string of the molecule is Cn1c(=O)n(C)c2cc(CNCCC3=CCCCC3)ccc21. The first-order valence-corrected chi connectivity index (χ1v) is 8.20. The molecule has 118 valence electrons. The van der Waals surface area contributed by atoms with E-state index in [-0.39, 0.29) is 5.69 Å². The highest BCUT2D eigenvalue weighted by molar-refractivity contribution is 5.76. The monoisotopic (exact) mass is 299 g/mol. The zero-order valence-electron chi connectivity index (χ0n) is 13.6. The quantitative estimate of drug-likeness (QED) is 0.681. The molecule has 1 heterocycles. The van der Waals surface area contributed by atoms with Gasteiger partial charge in [-0.3, -0.25) is 9.13 Å². The number of aromatic nitrogens is 2. The normalized spacial score (nSPS) is 15.3. The molecule has 3 rings (SSSR count). The Morgan fingerprint density at radius 1 is 1.14 bits per heavy atom. The molecule has 2 aromatic rings. The van der Waals surface area contributed by atoms with E-state index < -0.39 is 0 Å². The molecule has 0 saturated heterocycles. The second-order valence-corrected chi connectivity index (χ2v) is 6.26. The Morgan fingerprint density at radius 3 is 2.73 bits per heavy atom. The topological polar surface area (TPSA) is 39.0 Å². The minimum absolute atomic E-state index is 0.0318. The second-order valence-electron chi connectivity index (χ2n) is 6.26. The number of nitrogens with zero attached hydrogens (tertiary/aromatic N) is 2. The Balaban J connectivity index is 1.61. The average Bonchev–Trinajstić information content (AvgIpc) is 2.77. The third kappa shape index (κ3) is 3.02. The fraction of sp³-hybridized carbons (Fsp3) is 0.500. The van der Waals surface area contributed by atoms with Crippen LogP contribution in [0.15, 0.2) is 34.6 Å². The summed E-state index contributed by atoms with van der Waals surface area (Å²) in [6, 6.07) is 6.26. The van der Waals surface area contributed by atoms with Gasteiger partial charge >= 0.3 is 5.69 Å². The molecule has 4 heteroatoms. The zero-order valence-corrected chi connectivity index (χ0v) is 13.6. The van der Waals surface area contributed by atoms with Crippen LogP contribution < -0.4 is 11.0 Å². The predicted molar refractivity (Wildman–Crippen MR) is 91.0 cm³/mol. The summed E-state index contributed by atoms with van der Waals surface area (Å²) >= 11 is 0. The van der Waals surface area contributed by atoms with Crippen molar-refractivity contribution in [3.05, 3.63) is 45.9 Å². The lowest BCUT2D eigenvalue weighted by Crippen LogP contribution is -2.19. The Labute approximate surface area is 131 Å². The van der Waals surface area contributed by atoms with Gasteiger partial charge in [-0.15, -0.1) is 0 Å². The van der Waals surface area contributed by atoms with Gasteiger partial charge in [-0.25, -0.2) is 4.79 Å². The first-order valence-electron chi connectivity index (χ1n) is 8.20. The maximum absolute atomic E-state index is 11.9. The van der Waals surface area contributed by atoms with Crippen LogP contribution in [0.5, 0.6) is 0 Å². The minimum Gasteiger partial charge on any atom is -0.312 e. The van der Waals surface area contributed by atoms with E-state index in [9.17, 15) is 4.79 Å². The number of nitrogens with one attached hydrogen (secondary N) is 1. The molecule has 1 aliphatic rings. The molecule has 4 nitrogen and oxygen atoms in total. The molecule has 1 aromatic heterocycles. The fourth-order valence-electron chi connectivity index (χ4n) is 3.28. The number of hydrogen-bond donors (Lipinski definition) is 1. The molecule has 1 aromatic carbocycles. The van der Waals surface area contributed by atoms with Gasteiger partial charge in [-0.05, 0) is 56.3 Å². The van der Waals surface area contributed by atoms with Crippen molar-refractivity contribution < 1.29 is 0 Å². The van der Waals surface area contributed by atoms with Crippen LogP contribution in [0.4, 0.5) is 0 Å². The largest absolute Gasteiger partial charge is 0.328 e. The van der Waals surface area contributed by atoms with E-state index in [2.05, 4.69) is 23.5 Å². The van der Waals surface area contributed by atoms with Gasteiger partial charge in [0, 0.05) is 20.6 Å². The summed E-state index contributed by atoms with van der Waals surface area (Å²) in [5.41, 5.74) is 4.86. The van der Waals surface area contributed by atoms with Crippen LogP contribution in [0.1, 0.15) is 37.7 Å². The van der Waals surface area contributed by atoms with Crippen molar-refractivity contribution in [2.24, 2.45) is 14.1 Å². The van der Waals surface area contributed by atoms with Gasteiger partial charge in [0.05, 0.1) is 11.0 Å². The maximum Gasteiger partial charge on any atom is 0.328 e. The van der Waals surface area contributed by atoms with E-state index in [1.807, 2.05) is 20.2 Å². The second kappa shape index (κ2) is 6.53.